The third-order valence-corrected chi connectivity index (χ3v) is 3.34. The molecule has 0 saturated heterocycles. The van der Waals surface area contributed by atoms with Gasteiger partial charge in [0.05, 0.1) is 0 Å². The van der Waals surface area contributed by atoms with Gasteiger partial charge in [-0.2, -0.15) is 0 Å². The lowest BCUT2D eigenvalue weighted by Gasteiger charge is -2.25. The Morgan fingerprint density at radius 3 is 1.85 bits per heavy atom. The number of nitrogens with two attached hydrogens (primary N) is 1. The highest BCUT2D eigenvalue weighted by Crippen LogP contribution is 2.21. The van der Waals surface area contributed by atoms with E-state index in [4.69, 9.17) is 4.74 Å². The number of rotatable bonds is 4. The van der Waals surface area contributed by atoms with Gasteiger partial charge in [0.15, 0.2) is 11.4 Å². The Kier molecular flexibility index (Phi) is 11.0. The van der Waals surface area contributed by atoms with E-state index in [1.807, 2.05) is 13.8 Å². The van der Waals surface area contributed by atoms with E-state index in [0.29, 0.717) is 5.90 Å². The molecule has 2 amide bonds. The maximum atomic E-state index is 11.3. The molecule has 0 radical (unpaired) electrons. The average Bonchev–Trinajstić information content (AvgIpc) is 2.82. The molecule has 152 valence electrons. The summed E-state index contributed by atoms with van der Waals surface area (Å²) in [5, 5.41) is 5.15. The van der Waals surface area contributed by atoms with Crippen LogP contribution in [0.25, 0.3) is 0 Å². The van der Waals surface area contributed by atoms with Crippen LogP contribution in [0.1, 0.15) is 55.4 Å². The smallest absolute Gasteiger partial charge is 0.340 e. The molecule has 0 bridgehead atoms. The van der Waals surface area contributed by atoms with Gasteiger partial charge in [-0.05, 0) is 34.7 Å². The van der Waals surface area contributed by atoms with Crippen LogP contribution in [0.2, 0.25) is 0 Å². The first kappa shape index (κ1) is 26.3. The molecule has 0 aromatic heterocycles. The summed E-state index contributed by atoms with van der Waals surface area (Å²) in [6.07, 6.45) is 0. The van der Waals surface area contributed by atoms with E-state index in [2.05, 4.69) is 21.4 Å². The topological polar surface area (TPSA) is 123 Å². The first-order chi connectivity index (χ1) is 11.7. The molecule has 0 aromatic carbocycles. The monoisotopic (exact) mass is 372 g/mol. The van der Waals surface area contributed by atoms with Crippen molar-refractivity contribution in [1.29, 1.82) is 0 Å². The summed E-state index contributed by atoms with van der Waals surface area (Å²) in [5.74, 6) is 0.0842. The van der Waals surface area contributed by atoms with E-state index in [1.165, 1.54) is 7.05 Å². The number of nitrogens with zero attached hydrogens (tertiary/aromatic N) is 1. The molecule has 1 heterocycles. The predicted octanol–water partition coefficient (Wildman–Crippen LogP) is 1.23. The van der Waals surface area contributed by atoms with E-state index in [-0.39, 0.29) is 29.6 Å². The van der Waals surface area contributed by atoms with Crippen molar-refractivity contribution in [2.24, 2.45) is 22.6 Å². The average molecular weight is 373 g/mol. The van der Waals surface area contributed by atoms with Crippen molar-refractivity contribution in [2.75, 3.05) is 14.1 Å². The lowest BCUT2D eigenvalue weighted by molar-refractivity contribution is -0.138. The minimum atomic E-state index is -0.837. The van der Waals surface area contributed by atoms with Crippen molar-refractivity contribution in [3.63, 3.8) is 0 Å². The normalized spacial score (nSPS) is 15.1. The number of likely N-dealkylation sites (N-methyl/N-ethyl adjacent to an activating group) is 1. The molecule has 0 atom stereocenters. The van der Waals surface area contributed by atoms with Gasteiger partial charge in [-0.1, -0.05) is 27.7 Å². The number of nitrogens with one attached hydrogen (secondary N) is 2. The van der Waals surface area contributed by atoms with Gasteiger partial charge in [0.25, 0.3) is 0 Å². The number of carbonyl (C=O) groups is 3. The lowest BCUT2D eigenvalue weighted by Crippen LogP contribution is -2.54. The third kappa shape index (κ3) is 8.42. The number of carbonyl (C=O) groups excluding carboxylic acids is 3. The number of ether oxygens (including phenoxy) is 1. The zero-order valence-corrected chi connectivity index (χ0v) is 17.8. The van der Waals surface area contributed by atoms with Crippen molar-refractivity contribution in [3.05, 3.63) is 0 Å². The van der Waals surface area contributed by atoms with Gasteiger partial charge in [0.1, 0.15) is 5.54 Å². The molecule has 1 aliphatic rings. The van der Waals surface area contributed by atoms with Gasteiger partial charge in [-0.15, -0.1) is 0 Å². The van der Waals surface area contributed by atoms with Crippen LogP contribution in [-0.2, 0) is 19.1 Å². The second-order valence-electron chi connectivity index (χ2n) is 7.40. The summed E-state index contributed by atoms with van der Waals surface area (Å²) in [7, 11) is 3.05. The molecular weight excluding hydrogens is 336 g/mol. The molecule has 4 N–H and O–H groups in total. The Bertz CT molecular complexity index is 523. The summed E-state index contributed by atoms with van der Waals surface area (Å²) in [5.41, 5.74) is 3.00. The van der Waals surface area contributed by atoms with E-state index in [1.54, 1.807) is 48.6 Å². The van der Waals surface area contributed by atoms with Crippen LogP contribution >= 0.6 is 0 Å². The number of hydrogen-bond acceptors (Lipinski definition) is 6. The summed E-state index contributed by atoms with van der Waals surface area (Å²) < 4.78 is 4.95. The minimum absolute atomic E-state index is 0.107. The molecular formula is C18H36N4O4. The molecule has 0 unspecified atom stereocenters. The fourth-order valence-corrected chi connectivity index (χ4v) is 1.63. The van der Waals surface area contributed by atoms with Crippen LogP contribution in [0.15, 0.2) is 4.99 Å². The van der Waals surface area contributed by atoms with Gasteiger partial charge in [0, 0.05) is 18.9 Å². The van der Waals surface area contributed by atoms with Crippen LogP contribution in [-0.4, -0.2) is 48.9 Å². The first-order valence-electron chi connectivity index (χ1n) is 8.68. The number of esters is 1. The predicted molar refractivity (Wildman–Crippen MR) is 104 cm³/mol. The zero-order chi connectivity index (χ0) is 21.3. The highest BCUT2D eigenvalue weighted by molar-refractivity contribution is 6.00. The van der Waals surface area contributed by atoms with Gasteiger partial charge in [-0.25, -0.2) is 9.79 Å². The Morgan fingerprint density at radius 1 is 1.15 bits per heavy atom. The van der Waals surface area contributed by atoms with Crippen LogP contribution < -0.4 is 16.4 Å². The molecule has 26 heavy (non-hydrogen) atoms. The second kappa shape index (κ2) is 10.9. The van der Waals surface area contributed by atoms with E-state index >= 15 is 0 Å². The molecule has 0 fully saturated rings. The summed E-state index contributed by atoms with van der Waals surface area (Å²) in [6.45, 7) is 14.3. The quantitative estimate of drug-likeness (QED) is 0.641. The molecule has 0 aliphatic carbocycles. The Balaban J connectivity index is 0. The molecule has 8 heteroatoms. The van der Waals surface area contributed by atoms with Gasteiger partial charge < -0.3 is 21.1 Å². The van der Waals surface area contributed by atoms with Gasteiger partial charge >= 0.3 is 5.97 Å². The fraction of sp³-hybridized carbons (Fsp3) is 0.778. The Labute approximate surface area is 157 Å². The fourth-order valence-electron chi connectivity index (χ4n) is 1.63. The maximum Gasteiger partial charge on any atom is 0.340 e. The van der Waals surface area contributed by atoms with Crippen molar-refractivity contribution in [1.82, 2.24) is 10.6 Å². The van der Waals surface area contributed by atoms with Crippen molar-refractivity contribution < 1.29 is 19.1 Å². The van der Waals surface area contributed by atoms with Crippen LogP contribution in [0.5, 0.6) is 0 Å². The molecule has 1 rings (SSSR count). The van der Waals surface area contributed by atoms with E-state index in [9.17, 15) is 14.4 Å². The van der Waals surface area contributed by atoms with E-state index in [0.717, 1.165) is 0 Å². The van der Waals surface area contributed by atoms with Gasteiger partial charge in [-0.3, -0.25) is 9.59 Å². The molecule has 0 spiro atoms. The molecule has 0 aromatic rings. The lowest BCUT2D eigenvalue weighted by atomic mass is 10.0. The SMILES string of the molecule is CC(C)C1=NC(C)(C)C(=O)O1.CN.CNC(=O)C(C)(C)NC(=O)C(C)C. The summed E-state index contributed by atoms with van der Waals surface area (Å²) in [4.78, 5) is 37.8. The van der Waals surface area contributed by atoms with Crippen molar-refractivity contribution in [3.8, 4) is 0 Å². The maximum absolute atomic E-state index is 11.3. The first-order valence-corrected chi connectivity index (χ1v) is 8.68. The molecule has 8 nitrogen and oxygen atoms in total. The Hall–Kier alpha value is -1.96. The Morgan fingerprint density at radius 2 is 1.62 bits per heavy atom. The zero-order valence-electron chi connectivity index (χ0n) is 17.8. The largest absolute Gasteiger partial charge is 0.410 e. The van der Waals surface area contributed by atoms with Gasteiger partial charge in [0.2, 0.25) is 11.8 Å². The summed E-state index contributed by atoms with van der Waals surface area (Å²) >= 11 is 0. The molecule has 0 saturated carbocycles. The van der Waals surface area contributed by atoms with Crippen molar-refractivity contribution in [2.45, 2.75) is 66.5 Å². The highest BCUT2D eigenvalue weighted by Gasteiger charge is 2.37. The van der Waals surface area contributed by atoms with E-state index < -0.39 is 11.1 Å². The number of cyclic esters (lactones) is 1. The highest BCUT2D eigenvalue weighted by atomic mass is 16.6. The van der Waals surface area contributed by atoms with Crippen LogP contribution in [0, 0.1) is 11.8 Å². The van der Waals surface area contributed by atoms with Crippen LogP contribution in [0.3, 0.4) is 0 Å². The molecule has 1 aliphatic heterocycles. The number of aliphatic imine (C=N–C) groups is 1. The standard InChI is InChI=1S/C9H18N2O2.C8H13NO2.CH5N/c1-6(2)7(12)11-9(3,4)8(13)10-5;1-5(2)6-9-8(3,4)7(10)11-6;1-2/h6H,1-5H3,(H,10,13)(H,11,12);5H,1-4H3;2H2,1H3. The van der Waals surface area contributed by atoms with Crippen LogP contribution in [0.4, 0.5) is 0 Å². The second-order valence-corrected chi connectivity index (χ2v) is 7.40. The number of hydrogen-bond donors (Lipinski definition) is 3. The third-order valence-electron chi connectivity index (χ3n) is 3.34. The number of amides is 2. The summed E-state index contributed by atoms with van der Waals surface area (Å²) in [6, 6.07) is 0. The minimum Gasteiger partial charge on any atom is -0.410 e. The van der Waals surface area contributed by atoms with Crippen molar-refractivity contribution >= 4 is 23.7 Å².